The first kappa shape index (κ1) is 18.7. The summed E-state index contributed by atoms with van der Waals surface area (Å²) in [7, 11) is 0. The molecule has 1 aromatic rings. The first-order valence-corrected chi connectivity index (χ1v) is 9.52. The van der Waals surface area contributed by atoms with E-state index in [4.69, 9.17) is 4.74 Å². The zero-order valence-electron chi connectivity index (χ0n) is 15.8. The lowest BCUT2D eigenvalue weighted by molar-refractivity contribution is -0.140. The number of benzene rings is 1. The van der Waals surface area contributed by atoms with E-state index in [1.807, 2.05) is 28.9 Å². The number of likely N-dealkylation sites (tertiary alicyclic amines) is 1. The number of hydrogen-bond acceptors (Lipinski definition) is 4. The number of rotatable bonds is 5. The molecule has 1 unspecified atom stereocenters. The van der Waals surface area contributed by atoms with Crippen molar-refractivity contribution in [3.05, 3.63) is 29.3 Å². The maximum atomic E-state index is 12.6. The van der Waals surface area contributed by atoms with Crippen LogP contribution in [0.3, 0.4) is 0 Å². The third kappa shape index (κ3) is 4.55. The van der Waals surface area contributed by atoms with Gasteiger partial charge in [-0.1, -0.05) is 17.7 Å². The third-order valence-electron chi connectivity index (χ3n) is 5.22. The minimum atomic E-state index is 0.113. The fourth-order valence-electron chi connectivity index (χ4n) is 3.81. The SMILES string of the molecule is Cc1ccc(OCCC(=O)N2CCCC(N3CCNCC3=O)C2)c(C)c1. The molecule has 142 valence electrons. The molecule has 3 rings (SSSR count). The van der Waals surface area contributed by atoms with Crippen molar-refractivity contribution < 1.29 is 14.3 Å². The normalized spacial score (nSPS) is 21.0. The molecule has 0 aromatic heterocycles. The van der Waals surface area contributed by atoms with Crippen LogP contribution in [0.15, 0.2) is 18.2 Å². The summed E-state index contributed by atoms with van der Waals surface area (Å²) in [5.41, 5.74) is 2.29. The fourth-order valence-corrected chi connectivity index (χ4v) is 3.81. The van der Waals surface area contributed by atoms with E-state index in [0.717, 1.165) is 43.8 Å². The van der Waals surface area contributed by atoms with Crippen molar-refractivity contribution in [3.8, 4) is 5.75 Å². The number of carbonyl (C=O) groups is 2. The van der Waals surface area contributed by atoms with E-state index in [1.165, 1.54) is 5.56 Å². The Hall–Kier alpha value is -2.08. The quantitative estimate of drug-likeness (QED) is 0.865. The van der Waals surface area contributed by atoms with Gasteiger partial charge < -0.3 is 19.9 Å². The van der Waals surface area contributed by atoms with Gasteiger partial charge in [0, 0.05) is 32.2 Å². The van der Waals surface area contributed by atoms with Crippen LogP contribution in [0.2, 0.25) is 0 Å². The molecule has 6 nitrogen and oxygen atoms in total. The predicted molar refractivity (Wildman–Crippen MR) is 100 cm³/mol. The van der Waals surface area contributed by atoms with E-state index < -0.39 is 0 Å². The van der Waals surface area contributed by atoms with Gasteiger partial charge in [-0.05, 0) is 38.3 Å². The zero-order valence-corrected chi connectivity index (χ0v) is 15.8. The van der Waals surface area contributed by atoms with Gasteiger partial charge in [0.05, 0.1) is 19.6 Å². The molecule has 0 bridgehead atoms. The monoisotopic (exact) mass is 359 g/mol. The summed E-state index contributed by atoms with van der Waals surface area (Å²) in [5.74, 6) is 1.10. The average Bonchev–Trinajstić information content (AvgIpc) is 2.64. The molecule has 0 saturated carbocycles. The highest BCUT2D eigenvalue weighted by Crippen LogP contribution is 2.20. The van der Waals surface area contributed by atoms with E-state index >= 15 is 0 Å². The van der Waals surface area contributed by atoms with Crippen molar-refractivity contribution in [1.29, 1.82) is 0 Å². The Bertz CT molecular complexity index is 662. The molecule has 26 heavy (non-hydrogen) atoms. The van der Waals surface area contributed by atoms with Gasteiger partial charge in [-0.3, -0.25) is 9.59 Å². The van der Waals surface area contributed by atoms with E-state index in [9.17, 15) is 9.59 Å². The smallest absolute Gasteiger partial charge is 0.236 e. The highest BCUT2D eigenvalue weighted by atomic mass is 16.5. The molecule has 1 atom stereocenters. The molecule has 2 heterocycles. The number of carbonyl (C=O) groups excluding carboxylic acids is 2. The van der Waals surface area contributed by atoms with Gasteiger partial charge in [-0.2, -0.15) is 0 Å². The number of aryl methyl sites for hydroxylation is 2. The van der Waals surface area contributed by atoms with Crippen LogP contribution in [0.1, 0.15) is 30.4 Å². The Kier molecular flexibility index (Phi) is 6.14. The molecule has 1 aromatic carbocycles. The summed E-state index contributed by atoms with van der Waals surface area (Å²) in [5, 5.41) is 3.10. The second-order valence-electron chi connectivity index (χ2n) is 7.27. The molecule has 0 radical (unpaired) electrons. The maximum Gasteiger partial charge on any atom is 0.236 e. The molecule has 2 saturated heterocycles. The largest absolute Gasteiger partial charge is 0.493 e. The van der Waals surface area contributed by atoms with Crippen LogP contribution in [-0.4, -0.2) is 67.0 Å². The van der Waals surface area contributed by atoms with Crippen molar-refractivity contribution in [2.45, 2.75) is 39.2 Å². The fraction of sp³-hybridized carbons (Fsp3) is 0.600. The Morgan fingerprint density at radius 1 is 1.31 bits per heavy atom. The van der Waals surface area contributed by atoms with Crippen LogP contribution < -0.4 is 10.1 Å². The first-order chi connectivity index (χ1) is 12.5. The van der Waals surface area contributed by atoms with Gasteiger partial charge in [-0.25, -0.2) is 0 Å². The highest BCUT2D eigenvalue weighted by molar-refractivity contribution is 5.80. The lowest BCUT2D eigenvalue weighted by Gasteiger charge is -2.41. The van der Waals surface area contributed by atoms with Crippen LogP contribution in [0.5, 0.6) is 5.75 Å². The van der Waals surface area contributed by atoms with E-state index in [2.05, 4.69) is 18.3 Å². The Morgan fingerprint density at radius 3 is 2.92 bits per heavy atom. The topological polar surface area (TPSA) is 61.9 Å². The van der Waals surface area contributed by atoms with Crippen molar-refractivity contribution in [2.24, 2.45) is 0 Å². The molecule has 0 spiro atoms. The molecule has 6 heteroatoms. The Labute approximate surface area is 155 Å². The first-order valence-electron chi connectivity index (χ1n) is 9.52. The second kappa shape index (κ2) is 8.54. The van der Waals surface area contributed by atoms with Gasteiger partial charge in [0.25, 0.3) is 0 Å². The van der Waals surface area contributed by atoms with Crippen LogP contribution in [-0.2, 0) is 9.59 Å². The molecule has 2 fully saturated rings. The zero-order chi connectivity index (χ0) is 18.5. The summed E-state index contributed by atoms with van der Waals surface area (Å²) < 4.78 is 5.79. The number of hydrogen-bond donors (Lipinski definition) is 1. The van der Waals surface area contributed by atoms with Crippen LogP contribution in [0.25, 0.3) is 0 Å². The number of nitrogens with one attached hydrogen (secondary N) is 1. The standard InChI is InChI=1S/C20H29N3O3/c1-15-5-6-18(16(2)12-15)26-11-7-19(24)22-9-3-4-17(14-22)23-10-8-21-13-20(23)25/h5-6,12,17,21H,3-4,7-11,13-14H2,1-2H3. The van der Waals surface area contributed by atoms with E-state index in [0.29, 0.717) is 26.1 Å². The third-order valence-corrected chi connectivity index (χ3v) is 5.22. The van der Waals surface area contributed by atoms with Gasteiger partial charge in [0.1, 0.15) is 5.75 Å². The summed E-state index contributed by atoms with van der Waals surface area (Å²) in [6, 6.07) is 6.21. The van der Waals surface area contributed by atoms with Crippen LogP contribution in [0.4, 0.5) is 0 Å². The number of amides is 2. The summed E-state index contributed by atoms with van der Waals surface area (Å²) >= 11 is 0. The minimum Gasteiger partial charge on any atom is -0.493 e. The Balaban J connectivity index is 1.48. The molecule has 2 aliphatic rings. The van der Waals surface area contributed by atoms with Gasteiger partial charge in [0.2, 0.25) is 11.8 Å². The molecular weight excluding hydrogens is 330 g/mol. The van der Waals surface area contributed by atoms with Crippen molar-refractivity contribution >= 4 is 11.8 Å². The summed E-state index contributed by atoms with van der Waals surface area (Å²) in [6.07, 6.45) is 2.30. The number of piperidine rings is 1. The predicted octanol–water partition coefficient (Wildman–Crippen LogP) is 1.50. The number of ether oxygens (including phenoxy) is 1. The second-order valence-corrected chi connectivity index (χ2v) is 7.27. The van der Waals surface area contributed by atoms with Crippen LogP contribution >= 0.6 is 0 Å². The van der Waals surface area contributed by atoms with Gasteiger partial charge in [-0.15, -0.1) is 0 Å². The molecular formula is C20H29N3O3. The number of piperazine rings is 1. The minimum absolute atomic E-state index is 0.113. The average molecular weight is 359 g/mol. The summed E-state index contributed by atoms with van der Waals surface area (Å²) in [6.45, 7) is 7.86. The van der Waals surface area contributed by atoms with Gasteiger partial charge >= 0.3 is 0 Å². The summed E-state index contributed by atoms with van der Waals surface area (Å²) in [4.78, 5) is 28.5. The lowest BCUT2D eigenvalue weighted by atomic mass is 10.0. The number of nitrogens with zero attached hydrogens (tertiary/aromatic N) is 2. The van der Waals surface area contributed by atoms with Crippen molar-refractivity contribution in [1.82, 2.24) is 15.1 Å². The van der Waals surface area contributed by atoms with Crippen LogP contribution in [0, 0.1) is 13.8 Å². The molecule has 0 aliphatic carbocycles. The molecule has 1 N–H and O–H groups in total. The Morgan fingerprint density at radius 2 is 2.15 bits per heavy atom. The van der Waals surface area contributed by atoms with E-state index in [1.54, 1.807) is 0 Å². The van der Waals surface area contributed by atoms with Gasteiger partial charge in [0.15, 0.2) is 0 Å². The van der Waals surface area contributed by atoms with Crippen molar-refractivity contribution in [3.63, 3.8) is 0 Å². The molecule has 2 amide bonds. The van der Waals surface area contributed by atoms with E-state index in [-0.39, 0.29) is 17.9 Å². The van der Waals surface area contributed by atoms with Crippen molar-refractivity contribution in [2.75, 3.05) is 39.3 Å². The lowest BCUT2D eigenvalue weighted by Crippen LogP contribution is -2.57. The highest BCUT2D eigenvalue weighted by Gasteiger charge is 2.31. The maximum absolute atomic E-state index is 12.6. The molecule has 2 aliphatic heterocycles.